The first-order valence-corrected chi connectivity index (χ1v) is 7.56. The molecule has 0 aliphatic rings. The van der Waals surface area contributed by atoms with Gasteiger partial charge in [-0.15, -0.1) is 0 Å². The number of nitrogens with one attached hydrogen (secondary N) is 1. The van der Waals surface area contributed by atoms with Gasteiger partial charge in [0.1, 0.15) is 0 Å². The molecule has 0 fully saturated rings. The quantitative estimate of drug-likeness (QED) is 0.881. The molecule has 6 nitrogen and oxygen atoms in total. The highest BCUT2D eigenvalue weighted by atomic mass is 16.3. The monoisotopic (exact) mass is 304 g/mol. The lowest BCUT2D eigenvalue weighted by Crippen LogP contribution is -2.29. The molecule has 22 heavy (non-hydrogen) atoms. The van der Waals surface area contributed by atoms with Crippen LogP contribution < -0.4 is 5.32 Å². The summed E-state index contributed by atoms with van der Waals surface area (Å²) in [5.41, 5.74) is 2.92. The van der Waals surface area contributed by atoms with Gasteiger partial charge in [0.15, 0.2) is 5.65 Å². The molecular formula is C16H24N4O2. The van der Waals surface area contributed by atoms with Crippen molar-refractivity contribution < 1.29 is 9.90 Å². The standard InChI is InChI=1S/C16H24N4O2/c1-9(6-11(3)21)8-17-16(22)13-7-10(2)18-15-14(13)12(4)19-20(15)5/h7,9,11,21H,6,8H2,1-5H3,(H,17,22). The number of carbonyl (C=O) groups is 1. The molecule has 120 valence electrons. The highest BCUT2D eigenvalue weighted by Crippen LogP contribution is 2.21. The first-order chi connectivity index (χ1) is 10.3. The summed E-state index contributed by atoms with van der Waals surface area (Å²) < 4.78 is 1.70. The number of nitrogens with zero attached hydrogens (tertiary/aromatic N) is 3. The predicted octanol–water partition coefficient (Wildman–Crippen LogP) is 1.72. The van der Waals surface area contributed by atoms with Gasteiger partial charge in [0.2, 0.25) is 0 Å². The summed E-state index contributed by atoms with van der Waals surface area (Å²) in [5, 5.41) is 17.5. The number of aryl methyl sites for hydroxylation is 3. The van der Waals surface area contributed by atoms with Gasteiger partial charge in [-0.1, -0.05) is 6.92 Å². The molecule has 0 saturated heterocycles. The Labute approximate surface area is 130 Å². The molecule has 0 aromatic carbocycles. The van der Waals surface area contributed by atoms with E-state index in [9.17, 15) is 9.90 Å². The third-order valence-electron chi connectivity index (χ3n) is 3.70. The van der Waals surface area contributed by atoms with Gasteiger partial charge in [-0.25, -0.2) is 4.98 Å². The SMILES string of the molecule is Cc1cc(C(=O)NCC(C)CC(C)O)c2c(C)nn(C)c2n1. The fourth-order valence-corrected chi connectivity index (χ4v) is 2.78. The maximum Gasteiger partial charge on any atom is 0.252 e. The molecule has 0 saturated carbocycles. The zero-order valence-electron chi connectivity index (χ0n) is 13.8. The normalized spacial score (nSPS) is 14.1. The zero-order chi connectivity index (χ0) is 16.4. The number of aliphatic hydroxyl groups excluding tert-OH is 1. The van der Waals surface area contributed by atoms with E-state index in [0.29, 0.717) is 18.5 Å². The Morgan fingerprint density at radius 1 is 1.41 bits per heavy atom. The molecule has 2 rings (SSSR count). The topological polar surface area (TPSA) is 80.0 Å². The van der Waals surface area contributed by atoms with Crippen LogP contribution in [0.3, 0.4) is 0 Å². The largest absolute Gasteiger partial charge is 0.393 e. The summed E-state index contributed by atoms with van der Waals surface area (Å²) in [6.07, 6.45) is 0.305. The summed E-state index contributed by atoms with van der Waals surface area (Å²) in [6.45, 7) is 8.05. The van der Waals surface area contributed by atoms with E-state index in [1.165, 1.54) is 0 Å². The van der Waals surface area contributed by atoms with Crippen LogP contribution in [0.5, 0.6) is 0 Å². The highest BCUT2D eigenvalue weighted by molar-refractivity contribution is 6.06. The Kier molecular flexibility index (Phi) is 4.81. The number of aromatic nitrogens is 3. The van der Waals surface area contributed by atoms with E-state index in [2.05, 4.69) is 15.4 Å². The maximum absolute atomic E-state index is 12.5. The van der Waals surface area contributed by atoms with Crippen LogP contribution in [0.15, 0.2) is 6.07 Å². The molecular weight excluding hydrogens is 280 g/mol. The molecule has 6 heteroatoms. The van der Waals surface area contributed by atoms with Gasteiger partial charge in [-0.05, 0) is 39.2 Å². The van der Waals surface area contributed by atoms with Gasteiger partial charge in [-0.3, -0.25) is 9.48 Å². The molecule has 2 unspecified atom stereocenters. The van der Waals surface area contributed by atoms with E-state index in [1.54, 1.807) is 17.7 Å². The second-order valence-corrected chi connectivity index (χ2v) is 6.12. The lowest BCUT2D eigenvalue weighted by atomic mass is 10.0. The molecule has 0 radical (unpaired) electrons. The van der Waals surface area contributed by atoms with Crippen LogP contribution in [-0.4, -0.2) is 38.4 Å². The molecule has 0 aliphatic carbocycles. The number of hydrogen-bond acceptors (Lipinski definition) is 4. The minimum absolute atomic E-state index is 0.121. The second-order valence-electron chi connectivity index (χ2n) is 6.12. The number of hydrogen-bond donors (Lipinski definition) is 2. The van der Waals surface area contributed by atoms with Crippen molar-refractivity contribution in [2.24, 2.45) is 13.0 Å². The van der Waals surface area contributed by atoms with Gasteiger partial charge in [0.25, 0.3) is 5.91 Å². The van der Waals surface area contributed by atoms with Crippen LogP contribution in [0.2, 0.25) is 0 Å². The van der Waals surface area contributed by atoms with Gasteiger partial charge in [0, 0.05) is 19.3 Å². The molecule has 2 heterocycles. The van der Waals surface area contributed by atoms with Crippen molar-refractivity contribution in [3.05, 3.63) is 23.0 Å². The molecule has 2 aromatic heterocycles. The van der Waals surface area contributed by atoms with Crippen LogP contribution in [0.25, 0.3) is 11.0 Å². The minimum atomic E-state index is -0.359. The summed E-state index contributed by atoms with van der Waals surface area (Å²) >= 11 is 0. The highest BCUT2D eigenvalue weighted by Gasteiger charge is 2.18. The predicted molar refractivity (Wildman–Crippen MR) is 85.8 cm³/mol. The third kappa shape index (κ3) is 3.44. The van der Waals surface area contributed by atoms with Gasteiger partial charge < -0.3 is 10.4 Å². The number of aliphatic hydroxyl groups is 1. The second kappa shape index (κ2) is 6.44. The summed E-state index contributed by atoms with van der Waals surface area (Å²) in [7, 11) is 1.83. The smallest absolute Gasteiger partial charge is 0.252 e. The van der Waals surface area contributed by atoms with Gasteiger partial charge in [-0.2, -0.15) is 5.10 Å². The fourth-order valence-electron chi connectivity index (χ4n) is 2.78. The molecule has 2 aromatic rings. The first-order valence-electron chi connectivity index (χ1n) is 7.56. The van der Waals surface area contributed by atoms with Crippen molar-refractivity contribution in [3.8, 4) is 0 Å². The fraction of sp³-hybridized carbons (Fsp3) is 0.562. The summed E-state index contributed by atoms with van der Waals surface area (Å²) in [5.74, 6) is 0.0985. The molecule has 0 bridgehead atoms. The molecule has 2 N–H and O–H groups in total. The minimum Gasteiger partial charge on any atom is -0.393 e. The van der Waals surface area contributed by atoms with E-state index in [1.807, 2.05) is 27.8 Å². The van der Waals surface area contributed by atoms with Crippen LogP contribution in [0.1, 0.15) is 42.0 Å². The van der Waals surface area contributed by atoms with E-state index in [-0.39, 0.29) is 17.9 Å². The van der Waals surface area contributed by atoms with Gasteiger partial charge in [0.05, 0.1) is 22.7 Å². The average Bonchev–Trinajstić information content (AvgIpc) is 2.69. The Hall–Kier alpha value is -1.95. The van der Waals surface area contributed by atoms with Crippen molar-refractivity contribution in [3.63, 3.8) is 0 Å². The Morgan fingerprint density at radius 3 is 2.73 bits per heavy atom. The number of pyridine rings is 1. The number of amides is 1. The molecule has 0 aliphatic heterocycles. The van der Waals surface area contributed by atoms with Gasteiger partial charge >= 0.3 is 0 Å². The summed E-state index contributed by atoms with van der Waals surface area (Å²) in [4.78, 5) is 17.0. The lowest BCUT2D eigenvalue weighted by Gasteiger charge is -2.14. The molecule has 1 amide bonds. The van der Waals surface area contributed by atoms with Crippen LogP contribution in [-0.2, 0) is 7.05 Å². The molecule has 0 spiro atoms. The summed E-state index contributed by atoms with van der Waals surface area (Å²) in [6, 6.07) is 1.80. The van der Waals surface area contributed by atoms with Crippen LogP contribution >= 0.6 is 0 Å². The van der Waals surface area contributed by atoms with E-state index < -0.39 is 0 Å². The number of rotatable bonds is 5. The Bertz CT molecular complexity index is 691. The Balaban J connectivity index is 2.25. The van der Waals surface area contributed by atoms with E-state index in [4.69, 9.17) is 0 Å². The first kappa shape index (κ1) is 16.4. The van der Waals surface area contributed by atoms with Crippen LogP contribution in [0, 0.1) is 19.8 Å². The zero-order valence-corrected chi connectivity index (χ0v) is 13.8. The Morgan fingerprint density at radius 2 is 2.09 bits per heavy atom. The van der Waals surface area contributed by atoms with Crippen molar-refractivity contribution in [1.82, 2.24) is 20.1 Å². The van der Waals surface area contributed by atoms with E-state index in [0.717, 1.165) is 22.4 Å². The number of fused-ring (bicyclic) bond motifs is 1. The number of carbonyl (C=O) groups excluding carboxylic acids is 1. The van der Waals surface area contributed by atoms with E-state index >= 15 is 0 Å². The van der Waals surface area contributed by atoms with Crippen molar-refractivity contribution in [2.75, 3.05) is 6.54 Å². The van der Waals surface area contributed by atoms with Crippen LogP contribution in [0.4, 0.5) is 0 Å². The van der Waals surface area contributed by atoms with Crippen molar-refractivity contribution in [1.29, 1.82) is 0 Å². The van der Waals surface area contributed by atoms with Crippen molar-refractivity contribution >= 4 is 16.9 Å². The maximum atomic E-state index is 12.5. The lowest BCUT2D eigenvalue weighted by molar-refractivity contribution is 0.0941. The molecule has 2 atom stereocenters. The average molecular weight is 304 g/mol. The third-order valence-corrected chi connectivity index (χ3v) is 3.70. The van der Waals surface area contributed by atoms with Crippen molar-refractivity contribution in [2.45, 2.75) is 40.2 Å².